The van der Waals surface area contributed by atoms with Gasteiger partial charge in [-0.25, -0.2) is 0 Å². The first kappa shape index (κ1) is 12.7. The van der Waals surface area contributed by atoms with E-state index in [2.05, 4.69) is 17.4 Å². The Hall–Kier alpha value is -1.35. The molecule has 0 fully saturated rings. The lowest BCUT2D eigenvalue weighted by Crippen LogP contribution is -2.29. The van der Waals surface area contributed by atoms with Crippen LogP contribution in [0.5, 0.6) is 0 Å². The summed E-state index contributed by atoms with van der Waals surface area (Å²) >= 11 is 0. The molecular formula is C13H19NO2. The van der Waals surface area contributed by atoms with Crippen LogP contribution in [0, 0.1) is 5.92 Å². The Balaban J connectivity index is 2.30. The summed E-state index contributed by atoms with van der Waals surface area (Å²) in [7, 11) is 0. The average molecular weight is 221 g/mol. The number of benzene rings is 1. The first-order valence-electron chi connectivity index (χ1n) is 5.59. The standard InChI is InChI=1S/C13H19NO2/c1-10(13(15)16)8-11(2)14-9-12-6-4-3-5-7-12/h3-7,10-11,14H,8-9H2,1-2H3,(H,15,16). The van der Waals surface area contributed by atoms with Crippen LogP contribution < -0.4 is 5.32 Å². The van der Waals surface area contributed by atoms with Gasteiger partial charge >= 0.3 is 5.97 Å². The highest BCUT2D eigenvalue weighted by Crippen LogP contribution is 2.07. The molecule has 1 aromatic carbocycles. The average Bonchev–Trinajstić information content (AvgIpc) is 2.27. The molecule has 0 saturated heterocycles. The number of carboxylic acid groups (broad SMARTS) is 1. The van der Waals surface area contributed by atoms with E-state index in [-0.39, 0.29) is 12.0 Å². The van der Waals surface area contributed by atoms with Gasteiger partial charge in [-0.1, -0.05) is 37.3 Å². The van der Waals surface area contributed by atoms with Crippen molar-refractivity contribution in [3.05, 3.63) is 35.9 Å². The second-order valence-corrected chi connectivity index (χ2v) is 4.24. The predicted octanol–water partition coefficient (Wildman–Crippen LogP) is 2.28. The zero-order valence-electron chi connectivity index (χ0n) is 9.81. The van der Waals surface area contributed by atoms with Gasteiger partial charge in [0.2, 0.25) is 0 Å². The van der Waals surface area contributed by atoms with Crippen LogP contribution in [0.15, 0.2) is 30.3 Å². The van der Waals surface area contributed by atoms with Gasteiger partial charge in [-0.15, -0.1) is 0 Å². The summed E-state index contributed by atoms with van der Waals surface area (Å²) in [6, 6.07) is 10.3. The number of aliphatic carboxylic acids is 1. The Labute approximate surface area is 96.5 Å². The molecule has 16 heavy (non-hydrogen) atoms. The van der Waals surface area contributed by atoms with Crippen molar-refractivity contribution >= 4 is 5.97 Å². The molecule has 0 heterocycles. The predicted molar refractivity (Wildman–Crippen MR) is 64.2 cm³/mol. The van der Waals surface area contributed by atoms with Crippen LogP contribution in [0.2, 0.25) is 0 Å². The van der Waals surface area contributed by atoms with E-state index in [9.17, 15) is 4.79 Å². The molecular weight excluding hydrogens is 202 g/mol. The maximum atomic E-state index is 10.7. The van der Waals surface area contributed by atoms with Crippen LogP contribution >= 0.6 is 0 Å². The number of nitrogens with one attached hydrogen (secondary N) is 1. The van der Waals surface area contributed by atoms with E-state index in [0.29, 0.717) is 6.42 Å². The summed E-state index contributed by atoms with van der Waals surface area (Å²) in [5, 5.41) is 12.1. The van der Waals surface area contributed by atoms with E-state index >= 15 is 0 Å². The molecule has 0 aliphatic heterocycles. The number of hydrogen-bond donors (Lipinski definition) is 2. The summed E-state index contributed by atoms with van der Waals surface area (Å²) < 4.78 is 0. The third-order valence-electron chi connectivity index (χ3n) is 2.63. The largest absolute Gasteiger partial charge is 0.481 e. The molecule has 0 amide bonds. The zero-order chi connectivity index (χ0) is 12.0. The van der Waals surface area contributed by atoms with Gasteiger partial charge in [0.25, 0.3) is 0 Å². The van der Waals surface area contributed by atoms with Gasteiger partial charge in [-0.2, -0.15) is 0 Å². The second kappa shape index (κ2) is 6.28. The Kier molecular flexibility index (Phi) is 4.99. The number of rotatable bonds is 6. The SMILES string of the molecule is CC(CC(C)C(=O)O)NCc1ccccc1. The molecule has 0 aliphatic carbocycles. The minimum atomic E-state index is -0.728. The Morgan fingerprint density at radius 1 is 1.31 bits per heavy atom. The second-order valence-electron chi connectivity index (χ2n) is 4.24. The van der Waals surface area contributed by atoms with Crippen molar-refractivity contribution < 1.29 is 9.90 Å². The Bertz CT molecular complexity index is 324. The minimum absolute atomic E-state index is 0.214. The van der Waals surface area contributed by atoms with Crippen LogP contribution in [0.1, 0.15) is 25.8 Å². The van der Waals surface area contributed by atoms with Gasteiger partial charge in [0.15, 0.2) is 0 Å². The van der Waals surface area contributed by atoms with E-state index in [4.69, 9.17) is 5.11 Å². The molecule has 3 heteroatoms. The summed E-state index contributed by atoms with van der Waals surface area (Å²) in [5.41, 5.74) is 1.22. The normalized spacial score (nSPS) is 14.4. The minimum Gasteiger partial charge on any atom is -0.481 e. The molecule has 2 N–H and O–H groups in total. The molecule has 0 aliphatic rings. The fourth-order valence-electron chi connectivity index (χ4n) is 1.60. The highest BCUT2D eigenvalue weighted by atomic mass is 16.4. The number of carbonyl (C=O) groups is 1. The van der Waals surface area contributed by atoms with Gasteiger partial charge in [0.1, 0.15) is 0 Å². The molecule has 2 atom stereocenters. The lowest BCUT2D eigenvalue weighted by molar-refractivity contribution is -0.141. The summed E-state index contributed by atoms with van der Waals surface area (Å²) in [6.07, 6.45) is 0.655. The molecule has 0 spiro atoms. The first-order valence-corrected chi connectivity index (χ1v) is 5.59. The number of carboxylic acids is 1. The summed E-state index contributed by atoms with van der Waals surface area (Å²) in [5.74, 6) is -1.02. The first-order chi connectivity index (χ1) is 7.59. The fourth-order valence-corrected chi connectivity index (χ4v) is 1.60. The third-order valence-corrected chi connectivity index (χ3v) is 2.63. The molecule has 2 unspecified atom stereocenters. The van der Waals surface area contributed by atoms with E-state index in [1.54, 1.807) is 6.92 Å². The van der Waals surface area contributed by atoms with E-state index in [1.165, 1.54) is 5.56 Å². The zero-order valence-corrected chi connectivity index (χ0v) is 9.81. The monoisotopic (exact) mass is 221 g/mol. The summed E-state index contributed by atoms with van der Waals surface area (Å²) in [6.45, 7) is 4.54. The van der Waals surface area contributed by atoms with Crippen molar-refractivity contribution in [2.75, 3.05) is 0 Å². The van der Waals surface area contributed by atoms with Gasteiger partial charge in [0, 0.05) is 12.6 Å². The van der Waals surface area contributed by atoms with Gasteiger partial charge in [0.05, 0.1) is 5.92 Å². The molecule has 0 bridgehead atoms. The van der Waals surface area contributed by atoms with Crippen LogP contribution in [0.4, 0.5) is 0 Å². The molecule has 1 rings (SSSR count). The topological polar surface area (TPSA) is 49.3 Å². The van der Waals surface area contributed by atoms with E-state index in [0.717, 1.165) is 6.54 Å². The van der Waals surface area contributed by atoms with Crippen molar-refractivity contribution in [2.45, 2.75) is 32.9 Å². The van der Waals surface area contributed by atoms with Crippen LogP contribution in [-0.2, 0) is 11.3 Å². The maximum absolute atomic E-state index is 10.7. The fraction of sp³-hybridized carbons (Fsp3) is 0.462. The Morgan fingerprint density at radius 3 is 2.50 bits per heavy atom. The van der Waals surface area contributed by atoms with Crippen molar-refractivity contribution in [3.8, 4) is 0 Å². The molecule has 0 saturated carbocycles. The molecule has 0 radical (unpaired) electrons. The maximum Gasteiger partial charge on any atom is 0.306 e. The van der Waals surface area contributed by atoms with Crippen LogP contribution in [-0.4, -0.2) is 17.1 Å². The quantitative estimate of drug-likeness (QED) is 0.774. The lowest BCUT2D eigenvalue weighted by Gasteiger charge is -2.16. The number of hydrogen-bond acceptors (Lipinski definition) is 2. The molecule has 88 valence electrons. The van der Waals surface area contributed by atoms with Crippen molar-refractivity contribution in [3.63, 3.8) is 0 Å². The van der Waals surface area contributed by atoms with Crippen molar-refractivity contribution in [1.29, 1.82) is 0 Å². The third kappa shape index (κ3) is 4.45. The van der Waals surface area contributed by atoms with Gasteiger partial charge in [-0.3, -0.25) is 4.79 Å². The lowest BCUT2D eigenvalue weighted by atomic mass is 10.0. The molecule has 3 nitrogen and oxygen atoms in total. The highest BCUT2D eigenvalue weighted by molar-refractivity contribution is 5.69. The van der Waals surface area contributed by atoms with Crippen molar-refractivity contribution in [2.24, 2.45) is 5.92 Å². The molecule has 0 aromatic heterocycles. The van der Waals surface area contributed by atoms with Crippen LogP contribution in [0.3, 0.4) is 0 Å². The molecule has 1 aromatic rings. The van der Waals surface area contributed by atoms with Crippen molar-refractivity contribution in [1.82, 2.24) is 5.32 Å². The smallest absolute Gasteiger partial charge is 0.306 e. The van der Waals surface area contributed by atoms with E-state index < -0.39 is 5.97 Å². The highest BCUT2D eigenvalue weighted by Gasteiger charge is 2.14. The van der Waals surface area contributed by atoms with Gasteiger partial charge < -0.3 is 10.4 Å². The van der Waals surface area contributed by atoms with Crippen LogP contribution in [0.25, 0.3) is 0 Å². The summed E-state index contributed by atoms with van der Waals surface area (Å²) in [4.78, 5) is 10.7. The van der Waals surface area contributed by atoms with Gasteiger partial charge in [-0.05, 0) is 18.9 Å². The van der Waals surface area contributed by atoms with E-state index in [1.807, 2.05) is 25.1 Å². The Morgan fingerprint density at radius 2 is 1.94 bits per heavy atom.